The summed E-state index contributed by atoms with van der Waals surface area (Å²) in [7, 11) is 0. The summed E-state index contributed by atoms with van der Waals surface area (Å²) in [5, 5.41) is 40.1. The minimum Gasteiger partial charge on any atom is -0.457 e. The second kappa shape index (κ2) is 29.9. The lowest BCUT2D eigenvalue weighted by atomic mass is 9.96. The molecule has 4 N–H and O–H groups in total. The van der Waals surface area contributed by atoms with Gasteiger partial charge in [0.2, 0.25) is 0 Å². The fourth-order valence-corrected chi connectivity index (χ4v) is 6.81. The molecule has 0 radical (unpaired) electrons. The van der Waals surface area contributed by atoms with E-state index in [1.807, 2.05) is 0 Å². The van der Waals surface area contributed by atoms with Crippen molar-refractivity contribution in [3.8, 4) is 0 Å². The van der Waals surface area contributed by atoms with Crippen molar-refractivity contribution < 1.29 is 39.4 Å². The van der Waals surface area contributed by atoms with Gasteiger partial charge >= 0.3 is 5.97 Å². The third-order valence-corrected chi connectivity index (χ3v) is 10.2. The molecule has 1 rings (SSSR count). The van der Waals surface area contributed by atoms with Crippen molar-refractivity contribution in [2.75, 3.05) is 19.8 Å². The van der Waals surface area contributed by atoms with Crippen molar-refractivity contribution >= 4 is 5.97 Å². The standard InChI is InChI=1S/C40H78O8/c1-5-7-9-19-25-33(4)27-20-14-11-10-12-17-23-29-46-30-34(31-47-40-38(44)36(42)37(43)39(40)45)48-35(41)28-22-16-13-15-21-26-32(3)24-18-8-6-2/h32-34,36-40,42-45H,5-31H2,1-4H3/t32?,33?,34-,36+,37+,38-,39-/m0/s1. The normalized spacial score (nSPS) is 21.8. The summed E-state index contributed by atoms with van der Waals surface area (Å²) in [6.07, 6.45) is 21.1. The molecule has 0 heterocycles. The topological polar surface area (TPSA) is 126 Å². The lowest BCUT2D eigenvalue weighted by Gasteiger charge is -2.24. The number of unbranched alkanes of at least 4 members (excludes halogenated alkanes) is 15. The van der Waals surface area contributed by atoms with Crippen LogP contribution in [0, 0.1) is 11.8 Å². The SMILES string of the molecule is CCCCCCC(C)CCCCCCCCCOC[C@@H](COC1[C@@H](O)[C@H](O)[C@@H](O)[C@@H]1O)OC(=O)CCCCCCCC(C)CCCCC. The van der Waals surface area contributed by atoms with Crippen LogP contribution >= 0.6 is 0 Å². The molecule has 0 aromatic carbocycles. The highest BCUT2D eigenvalue weighted by Gasteiger charge is 2.49. The van der Waals surface area contributed by atoms with Gasteiger partial charge in [-0.1, -0.05) is 163 Å². The fourth-order valence-electron chi connectivity index (χ4n) is 6.81. The predicted molar refractivity (Wildman–Crippen MR) is 195 cm³/mol. The summed E-state index contributed by atoms with van der Waals surface area (Å²) < 4.78 is 17.2. The van der Waals surface area contributed by atoms with Gasteiger partial charge in [-0.25, -0.2) is 0 Å². The van der Waals surface area contributed by atoms with Crippen molar-refractivity contribution in [1.29, 1.82) is 0 Å². The van der Waals surface area contributed by atoms with E-state index in [0.717, 1.165) is 43.9 Å². The second-order valence-electron chi connectivity index (χ2n) is 15.1. The van der Waals surface area contributed by atoms with Gasteiger partial charge in [0.1, 0.15) is 36.6 Å². The first-order valence-electron chi connectivity index (χ1n) is 20.3. The van der Waals surface area contributed by atoms with Gasteiger partial charge in [0.25, 0.3) is 0 Å². The van der Waals surface area contributed by atoms with Gasteiger partial charge in [-0.15, -0.1) is 0 Å². The molecule has 0 bridgehead atoms. The number of rotatable bonds is 33. The first-order chi connectivity index (χ1) is 23.2. The summed E-state index contributed by atoms with van der Waals surface area (Å²) in [6, 6.07) is 0. The molecule has 7 atom stereocenters. The molecular formula is C40H78O8. The van der Waals surface area contributed by atoms with Crippen LogP contribution in [-0.4, -0.2) is 82.8 Å². The van der Waals surface area contributed by atoms with Crippen LogP contribution in [-0.2, 0) is 19.0 Å². The van der Waals surface area contributed by atoms with Crippen molar-refractivity contribution in [2.24, 2.45) is 11.8 Å². The molecule has 0 saturated heterocycles. The van der Waals surface area contributed by atoms with Crippen LogP contribution in [0.3, 0.4) is 0 Å². The van der Waals surface area contributed by atoms with Crippen LogP contribution < -0.4 is 0 Å². The lowest BCUT2D eigenvalue weighted by molar-refractivity contribution is -0.163. The van der Waals surface area contributed by atoms with Gasteiger partial charge in [-0.3, -0.25) is 4.79 Å². The third kappa shape index (κ3) is 22.1. The van der Waals surface area contributed by atoms with Gasteiger partial charge < -0.3 is 34.6 Å². The second-order valence-corrected chi connectivity index (χ2v) is 15.1. The Balaban J connectivity index is 2.27. The Kier molecular flexibility index (Phi) is 28.2. The van der Waals surface area contributed by atoms with Crippen LogP contribution in [0.25, 0.3) is 0 Å². The zero-order chi connectivity index (χ0) is 35.4. The highest BCUT2D eigenvalue weighted by molar-refractivity contribution is 5.69. The number of hydrogen-bond acceptors (Lipinski definition) is 8. The summed E-state index contributed by atoms with van der Waals surface area (Å²) in [5.74, 6) is 1.34. The number of aliphatic hydroxyl groups is 4. The maximum absolute atomic E-state index is 12.7. The van der Waals surface area contributed by atoms with Gasteiger partial charge in [-0.2, -0.15) is 0 Å². The Hall–Kier alpha value is -0.770. The van der Waals surface area contributed by atoms with E-state index >= 15 is 0 Å². The molecule has 48 heavy (non-hydrogen) atoms. The van der Waals surface area contributed by atoms with Crippen molar-refractivity contribution in [3.63, 3.8) is 0 Å². The van der Waals surface area contributed by atoms with E-state index in [0.29, 0.717) is 13.0 Å². The van der Waals surface area contributed by atoms with Crippen molar-refractivity contribution in [1.82, 2.24) is 0 Å². The van der Waals surface area contributed by atoms with Crippen LogP contribution in [0.15, 0.2) is 0 Å². The number of aliphatic hydroxyl groups excluding tert-OH is 4. The van der Waals surface area contributed by atoms with E-state index in [2.05, 4.69) is 27.7 Å². The number of carbonyl (C=O) groups is 1. The zero-order valence-corrected chi connectivity index (χ0v) is 31.6. The molecule has 2 unspecified atom stereocenters. The van der Waals surface area contributed by atoms with Crippen molar-refractivity contribution in [2.45, 2.75) is 218 Å². The number of hydrogen-bond donors (Lipinski definition) is 4. The molecule has 0 spiro atoms. The molecule has 8 nitrogen and oxygen atoms in total. The molecule has 1 aliphatic rings. The summed E-state index contributed by atoms with van der Waals surface area (Å²) >= 11 is 0. The number of ether oxygens (including phenoxy) is 3. The van der Waals surface area contributed by atoms with Crippen LogP contribution in [0.1, 0.15) is 182 Å². The minimum atomic E-state index is -1.49. The highest BCUT2D eigenvalue weighted by Crippen LogP contribution is 2.25. The zero-order valence-electron chi connectivity index (χ0n) is 31.6. The largest absolute Gasteiger partial charge is 0.457 e. The molecule has 0 aromatic rings. The van der Waals surface area contributed by atoms with E-state index in [9.17, 15) is 25.2 Å². The molecular weight excluding hydrogens is 608 g/mol. The number of carbonyl (C=O) groups excluding carboxylic acids is 1. The predicted octanol–water partition coefficient (Wildman–Crippen LogP) is 8.43. The summed E-state index contributed by atoms with van der Waals surface area (Å²) in [6.45, 7) is 9.89. The van der Waals surface area contributed by atoms with E-state index in [1.165, 1.54) is 116 Å². The quantitative estimate of drug-likeness (QED) is 0.0401. The maximum atomic E-state index is 12.7. The Morgan fingerprint density at radius 3 is 1.48 bits per heavy atom. The van der Waals surface area contributed by atoms with Gasteiger partial charge in [0, 0.05) is 13.0 Å². The third-order valence-electron chi connectivity index (χ3n) is 10.2. The molecule has 1 saturated carbocycles. The first-order valence-corrected chi connectivity index (χ1v) is 20.3. The maximum Gasteiger partial charge on any atom is 0.306 e. The lowest BCUT2D eigenvalue weighted by Crippen LogP contribution is -2.39. The van der Waals surface area contributed by atoms with Gasteiger partial charge in [0.15, 0.2) is 0 Å². The van der Waals surface area contributed by atoms with E-state index in [1.54, 1.807) is 0 Å². The van der Waals surface area contributed by atoms with Gasteiger partial charge in [0.05, 0.1) is 13.2 Å². The van der Waals surface area contributed by atoms with E-state index in [-0.39, 0.29) is 19.2 Å². The highest BCUT2D eigenvalue weighted by atomic mass is 16.6. The molecule has 1 aliphatic carbocycles. The first kappa shape index (κ1) is 45.3. The van der Waals surface area contributed by atoms with Crippen LogP contribution in [0.4, 0.5) is 0 Å². The molecule has 0 amide bonds. The Morgan fingerprint density at radius 1 is 0.542 bits per heavy atom. The van der Waals surface area contributed by atoms with Gasteiger partial charge in [-0.05, 0) is 24.7 Å². The Morgan fingerprint density at radius 2 is 0.958 bits per heavy atom. The molecule has 0 aliphatic heterocycles. The smallest absolute Gasteiger partial charge is 0.306 e. The van der Waals surface area contributed by atoms with E-state index in [4.69, 9.17) is 14.2 Å². The Bertz CT molecular complexity index is 722. The van der Waals surface area contributed by atoms with Crippen molar-refractivity contribution in [3.05, 3.63) is 0 Å². The molecule has 0 aromatic heterocycles. The minimum absolute atomic E-state index is 0.0994. The summed E-state index contributed by atoms with van der Waals surface area (Å²) in [4.78, 5) is 12.7. The van der Waals surface area contributed by atoms with E-state index < -0.39 is 36.6 Å². The summed E-state index contributed by atoms with van der Waals surface area (Å²) in [5.41, 5.74) is 0. The molecule has 8 heteroatoms. The average molecular weight is 687 g/mol. The number of esters is 1. The molecule has 1 fully saturated rings. The average Bonchev–Trinajstić information content (AvgIpc) is 3.25. The monoisotopic (exact) mass is 687 g/mol. The van der Waals surface area contributed by atoms with Crippen LogP contribution in [0.5, 0.6) is 0 Å². The fraction of sp³-hybridized carbons (Fsp3) is 0.975. The Labute approximate surface area is 295 Å². The molecule has 286 valence electrons. The van der Waals surface area contributed by atoms with Crippen LogP contribution in [0.2, 0.25) is 0 Å².